The van der Waals surface area contributed by atoms with E-state index < -0.39 is 10.0 Å². The lowest BCUT2D eigenvalue weighted by Gasteiger charge is -2.16. The molecule has 0 aliphatic carbocycles. The zero-order valence-electron chi connectivity index (χ0n) is 12.6. The fourth-order valence-electron chi connectivity index (χ4n) is 1.83. The van der Waals surface area contributed by atoms with Crippen molar-refractivity contribution in [1.29, 1.82) is 0 Å². The van der Waals surface area contributed by atoms with Crippen LogP contribution in [0.2, 0.25) is 0 Å². The van der Waals surface area contributed by atoms with Gasteiger partial charge in [0.1, 0.15) is 5.82 Å². The average Bonchev–Trinajstić information content (AvgIpc) is 2.54. The molecule has 0 aliphatic rings. The number of carbonyl (C=O) groups excluding carboxylic acids is 1. The summed E-state index contributed by atoms with van der Waals surface area (Å²) in [5.41, 5.74) is 0.394. The Bertz CT molecular complexity index is 756. The number of sulfonamides is 1. The number of pyridine rings is 1. The van der Waals surface area contributed by atoms with Crippen LogP contribution in [0.15, 0.2) is 53.6 Å². The average molecular weight is 319 g/mol. The molecule has 0 unspecified atom stereocenters. The Labute approximate surface area is 130 Å². The summed E-state index contributed by atoms with van der Waals surface area (Å²) in [4.78, 5) is 18.0. The SMILES string of the molecule is CN(C(=O)c1ccc(S(=O)(=O)N(C)C)cc1)c1ccccn1. The fraction of sp³-hybridized carbons (Fsp3) is 0.200. The molecule has 0 spiro atoms. The number of amides is 1. The molecule has 0 fully saturated rings. The van der Waals surface area contributed by atoms with Crippen molar-refractivity contribution in [2.45, 2.75) is 4.90 Å². The Morgan fingerprint density at radius 3 is 2.14 bits per heavy atom. The van der Waals surface area contributed by atoms with E-state index in [0.29, 0.717) is 11.4 Å². The molecule has 1 amide bonds. The molecule has 0 bridgehead atoms. The molecule has 0 N–H and O–H groups in total. The molecule has 0 aliphatic heterocycles. The number of aromatic nitrogens is 1. The van der Waals surface area contributed by atoms with Crippen LogP contribution in [0.25, 0.3) is 0 Å². The zero-order chi connectivity index (χ0) is 16.3. The highest BCUT2D eigenvalue weighted by Gasteiger charge is 2.19. The molecule has 6 nitrogen and oxygen atoms in total. The molecule has 22 heavy (non-hydrogen) atoms. The van der Waals surface area contributed by atoms with Gasteiger partial charge in [0.2, 0.25) is 10.0 Å². The van der Waals surface area contributed by atoms with E-state index >= 15 is 0 Å². The number of nitrogens with zero attached hydrogens (tertiary/aromatic N) is 3. The summed E-state index contributed by atoms with van der Waals surface area (Å²) in [6.07, 6.45) is 1.60. The third-order valence-electron chi connectivity index (χ3n) is 3.18. The summed E-state index contributed by atoms with van der Waals surface area (Å²) in [5.74, 6) is 0.269. The van der Waals surface area contributed by atoms with Crippen molar-refractivity contribution in [3.63, 3.8) is 0 Å². The highest BCUT2D eigenvalue weighted by Crippen LogP contribution is 2.16. The summed E-state index contributed by atoms with van der Waals surface area (Å²) in [6.45, 7) is 0. The molecule has 1 aromatic carbocycles. The standard InChI is InChI=1S/C15H17N3O3S/c1-17(2)22(20,21)13-9-7-12(8-10-13)15(19)18(3)14-6-4-5-11-16-14/h4-11H,1-3H3. The topological polar surface area (TPSA) is 70.6 Å². The lowest BCUT2D eigenvalue weighted by atomic mass is 10.2. The molecule has 1 heterocycles. The molecule has 1 aromatic heterocycles. The second-order valence-electron chi connectivity index (χ2n) is 4.86. The van der Waals surface area contributed by atoms with Crippen molar-refractivity contribution in [3.8, 4) is 0 Å². The molecular formula is C15H17N3O3S. The van der Waals surface area contributed by atoms with E-state index in [1.54, 1.807) is 31.4 Å². The molecule has 116 valence electrons. The van der Waals surface area contributed by atoms with Crippen LogP contribution in [-0.2, 0) is 10.0 Å². The van der Waals surface area contributed by atoms with E-state index in [9.17, 15) is 13.2 Å². The third kappa shape index (κ3) is 3.15. The van der Waals surface area contributed by atoms with Gasteiger partial charge in [0.05, 0.1) is 4.90 Å². The fourth-order valence-corrected chi connectivity index (χ4v) is 2.73. The van der Waals surface area contributed by atoms with Crippen LogP contribution in [0.5, 0.6) is 0 Å². The number of benzene rings is 1. The zero-order valence-corrected chi connectivity index (χ0v) is 13.4. The summed E-state index contributed by atoms with van der Waals surface area (Å²) in [7, 11) is 1.05. The minimum absolute atomic E-state index is 0.148. The molecule has 0 atom stereocenters. The van der Waals surface area contributed by atoms with Gasteiger partial charge in [-0.15, -0.1) is 0 Å². The van der Waals surface area contributed by atoms with Crippen LogP contribution in [0.1, 0.15) is 10.4 Å². The van der Waals surface area contributed by atoms with Crippen LogP contribution in [0.4, 0.5) is 5.82 Å². The Morgan fingerprint density at radius 1 is 1.00 bits per heavy atom. The van der Waals surface area contributed by atoms with Crippen molar-refractivity contribution >= 4 is 21.7 Å². The molecule has 2 aromatic rings. The van der Waals surface area contributed by atoms with E-state index in [4.69, 9.17) is 0 Å². The van der Waals surface area contributed by atoms with Gasteiger partial charge in [0, 0.05) is 32.9 Å². The summed E-state index contributed by atoms with van der Waals surface area (Å²) in [6, 6.07) is 11.1. The summed E-state index contributed by atoms with van der Waals surface area (Å²) < 4.78 is 25.1. The highest BCUT2D eigenvalue weighted by molar-refractivity contribution is 7.89. The Balaban J connectivity index is 2.26. The smallest absolute Gasteiger partial charge is 0.259 e. The van der Waals surface area contributed by atoms with Gasteiger partial charge in [0.15, 0.2) is 0 Å². The Hall–Kier alpha value is -2.25. The van der Waals surface area contributed by atoms with Gasteiger partial charge in [0.25, 0.3) is 5.91 Å². The number of rotatable bonds is 4. The molecule has 0 radical (unpaired) electrons. The van der Waals surface area contributed by atoms with Crippen molar-refractivity contribution < 1.29 is 13.2 Å². The molecule has 0 saturated heterocycles. The Kier molecular flexibility index (Phi) is 4.58. The maximum atomic E-state index is 12.4. The van der Waals surface area contributed by atoms with Crippen LogP contribution in [0.3, 0.4) is 0 Å². The number of hydrogen-bond donors (Lipinski definition) is 0. The highest BCUT2D eigenvalue weighted by atomic mass is 32.2. The van der Waals surface area contributed by atoms with Gasteiger partial charge in [-0.05, 0) is 36.4 Å². The van der Waals surface area contributed by atoms with E-state index in [1.165, 1.54) is 43.3 Å². The Morgan fingerprint density at radius 2 is 1.64 bits per heavy atom. The largest absolute Gasteiger partial charge is 0.296 e. The van der Waals surface area contributed by atoms with E-state index in [2.05, 4.69) is 4.98 Å². The summed E-state index contributed by atoms with van der Waals surface area (Å²) in [5, 5.41) is 0. The third-order valence-corrected chi connectivity index (χ3v) is 5.01. The molecule has 0 saturated carbocycles. The van der Waals surface area contributed by atoms with Gasteiger partial charge in [-0.1, -0.05) is 6.07 Å². The number of carbonyl (C=O) groups is 1. The van der Waals surface area contributed by atoms with Crippen molar-refractivity contribution in [2.75, 3.05) is 26.0 Å². The maximum absolute atomic E-state index is 12.4. The van der Waals surface area contributed by atoms with Gasteiger partial charge >= 0.3 is 0 Å². The first-order valence-electron chi connectivity index (χ1n) is 6.55. The summed E-state index contributed by atoms with van der Waals surface area (Å²) >= 11 is 0. The van der Waals surface area contributed by atoms with Gasteiger partial charge in [-0.25, -0.2) is 17.7 Å². The number of hydrogen-bond acceptors (Lipinski definition) is 4. The molecule has 2 rings (SSSR count). The van der Waals surface area contributed by atoms with Crippen LogP contribution < -0.4 is 4.90 Å². The second-order valence-corrected chi connectivity index (χ2v) is 7.02. The van der Waals surface area contributed by atoms with E-state index in [1.807, 2.05) is 0 Å². The first-order valence-corrected chi connectivity index (χ1v) is 7.99. The van der Waals surface area contributed by atoms with Gasteiger partial charge in [-0.2, -0.15) is 0 Å². The number of anilines is 1. The first kappa shape index (κ1) is 16.1. The van der Waals surface area contributed by atoms with Crippen LogP contribution in [0, 0.1) is 0 Å². The van der Waals surface area contributed by atoms with Gasteiger partial charge < -0.3 is 0 Å². The minimum atomic E-state index is -3.50. The lowest BCUT2D eigenvalue weighted by Crippen LogP contribution is -2.27. The predicted molar refractivity (Wildman–Crippen MR) is 84.3 cm³/mol. The monoisotopic (exact) mass is 319 g/mol. The molecular weight excluding hydrogens is 302 g/mol. The van der Waals surface area contributed by atoms with E-state index in [-0.39, 0.29) is 10.8 Å². The first-order chi connectivity index (χ1) is 10.3. The molecule has 7 heteroatoms. The van der Waals surface area contributed by atoms with Crippen molar-refractivity contribution in [2.24, 2.45) is 0 Å². The normalized spacial score (nSPS) is 11.5. The van der Waals surface area contributed by atoms with Crippen LogP contribution >= 0.6 is 0 Å². The van der Waals surface area contributed by atoms with Crippen LogP contribution in [-0.4, -0.2) is 44.8 Å². The van der Waals surface area contributed by atoms with Gasteiger partial charge in [-0.3, -0.25) is 9.69 Å². The minimum Gasteiger partial charge on any atom is -0.296 e. The maximum Gasteiger partial charge on any atom is 0.259 e. The quantitative estimate of drug-likeness (QED) is 0.858. The van der Waals surface area contributed by atoms with Crippen molar-refractivity contribution in [1.82, 2.24) is 9.29 Å². The predicted octanol–water partition coefficient (Wildman–Crippen LogP) is 1.61. The van der Waals surface area contributed by atoms with Crippen molar-refractivity contribution in [3.05, 3.63) is 54.2 Å². The lowest BCUT2D eigenvalue weighted by molar-refractivity contribution is 0.0992. The van der Waals surface area contributed by atoms with E-state index in [0.717, 1.165) is 4.31 Å². The second kappa shape index (κ2) is 6.25.